The number of nitrogens with one attached hydrogen (secondary N) is 2. The number of carbonyl (C=O) groups excluding carboxylic acids is 3. The molecule has 1 heterocycles. The number of carboxylic acids is 1. The van der Waals surface area contributed by atoms with Crippen LogP contribution in [0.3, 0.4) is 0 Å². The fourth-order valence-electron chi connectivity index (χ4n) is 2.67. The number of nitrogens with zero attached hydrogens (tertiary/aromatic N) is 1. The molecule has 0 radical (unpaired) electrons. The number of alkyl carbamates (subject to hydrolysis) is 1. The summed E-state index contributed by atoms with van der Waals surface area (Å²) in [6.07, 6.45) is -0.0993. The number of carboxylic acid groups (broad SMARTS) is 1. The number of hydrogen-bond acceptors (Lipinski definition) is 7. The normalized spacial score (nSPS) is 17.6. The monoisotopic (exact) mass is 461 g/mol. The first-order valence-electron chi connectivity index (χ1n) is 10.3. The Morgan fingerprint density at radius 3 is 2.23 bits per heavy atom. The molecule has 3 N–H and O–H groups in total. The molecule has 0 aromatic heterocycles. The zero-order valence-corrected chi connectivity index (χ0v) is 20.0. The Bertz CT molecular complexity index is 658. The van der Waals surface area contributed by atoms with E-state index in [1.807, 2.05) is 0 Å². The van der Waals surface area contributed by atoms with E-state index >= 15 is 0 Å². The molecule has 3 amide bonds. The lowest BCUT2D eigenvalue weighted by atomic mass is 10.1. The molecule has 10 nitrogen and oxygen atoms in total. The second-order valence-electron chi connectivity index (χ2n) is 9.29. The van der Waals surface area contributed by atoms with Crippen molar-refractivity contribution in [1.82, 2.24) is 15.5 Å². The molecule has 1 rings (SSSR count). The number of amides is 3. The molecule has 178 valence electrons. The number of rotatable bonds is 8. The summed E-state index contributed by atoms with van der Waals surface area (Å²) in [5.41, 5.74) is -1.36. The highest BCUT2D eigenvalue weighted by Crippen LogP contribution is 2.23. The minimum Gasteiger partial charge on any atom is -0.480 e. The molecule has 0 bridgehead atoms. The predicted molar refractivity (Wildman–Crippen MR) is 117 cm³/mol. The average Bonchev–Trinajstić information content (AvgIpc) is 3.07. The average molecular weight is 462 g/mol. The third-order valence-corrected chi connectivity index (χ3v) is 5.03. The van der Waals surface area contributed by atoms with Gasteiger partial charge in [0.1, 0.15) is 23.3 Å². The topological polar surface area (TPSA) is 134 Å². The lowest BCUT2D eigenvalue weighted by Crippen LogP contribution is -2.48. The van der Waals surface area contributed by atoms with Crippen molar-refractivity contribution >= 4 is 35.8 Å². The molecule has 0 spiro atoms. The Labute approximate surface area is 187 Å². The summed E-state index contributed by atoms with van der Waals surface area (Å²) in [5.74, 6) is -0.529. The predicted octanol–water partition coefficient (Wildman–Crippen LogP) is 2.56. The zero-order valence-electron chi connectivity index (χ0n) is 19.1. The Balaban J connectivity index is 2.40. The molecular weight excluding hydrogens is 426 g/mol. The van der Waals surface area contributed by atoms with Gasteiger partial charge in [-0.15, -0.1) is 11.8 Å². The molecule has 31 heavy (non-hydrogen) atoms. The van der Waals surface area contributed by atoms with Crippen LogP contribution in [0.1, 0.15) is 60.8 Å². The lowest BCUT2D eigenvalue weighted by molar-refractivity contribution is -0.139. The van der Waals surface area contributed by atoms with E-state index in [1.54, 1.807) is 41.5 Å². The van der Waals surface area contributed by atoms with Crippen LogP contribution in [0.25, 0.3) is 0 Å². The molecule has 1 aliphatic rings. The Morgan fingerprint density at radius 2 is 1.68 bits per heavy atom. The molecule has 2 unspecified atom stereocenters. The second-order valence-corrected chi connectivity index (χ2v) is 10.3. The van der Waals surface area contributed by atoms with Crippen LogP contribution in [-0.4, -0.2) is 75.5 Å². The van der Waals surface area contributed by atoms with Gasteiger partial charge in [-0.1, -0.05) is 0 Å². The van der Waals surface area contributed by atoms with Gasteiger partial charge in [0.05, 0.1) is 5.88 Å². The first kappa shape index (κ1) is 26.9. The van der Waals surface area contributed by atoms with Crippen molar-refractivity contribution in [2.75, 3.05) is 18.2 Å². The molecule has 1 fully saturated rings. The maximum absolute atomic E-state index is 12.5. The Kier molecular flexibility index (Phi) is 9.92. The number of carbonyl (C=O) groups is 4. The number of ether oxygens (including phenoxy) is 2. The molecular formula is C20H35N3O7S. The van der Waals surface area contributed by atoms with Gasteiger partial charge in [-0.3, -0.25) is 9.69 Å². The van der Waals surface area contributed by atoms with Crippen LogP contribution in [0.4, 0.5) is 9.59 Å². The smallest absolute Gasteiger partial charge is 0.411 e. The molecule has 0 aliphatic carbocycles. The van der Waals surface area contributed by atoms with Gasteiger partial charge in [0.2, 0.25) is 5.91 Å². The SMILES string of the molecule is CC(C)(C)OC(=O)NC(CCCCNC(=O)C1CSCN1C(=O)OC(C)(C)C)C(=O)O. The third kappa shape index (κ3) is 10.6. The van der Waals surface area contributed by atoms with Gasteiger partial charge < -0.3 is 25.2 Å². The van der Waals surface area contributed by atoms with Gasteiger partial charge in [0, 0.05) is 12.3 Å². The Hall–Kier alpha value is -2.17. The molecule has 11 heteroatoms. The quantitative estimate of drug-likeness (QED) is 0.470. The first-order valence-corrected chi connectivity index (χ1v) is 11.4. The van der Waals surface area contributed by atoms with E-state index < -0.39 is 41.4 Å². The van der Waals surface area contributed by atoms with Gasteiger partial charge >= 0.3 is 18.2 Å². The number of hydrogen-bond donors (Lipinski definition) is 3. The van der Waals surface area contributed by atoms with Gasteiger partial charge in [0.15, 0.2) is 0 Å². The van der Waals surface area contributed by atoms with Crippen molar-refractivity contribution in [3.63, 3.8) is 0 Å². The van der Waals surface area contributed by atoms with E-state index in [4.69, 9.17) is 9.47 Å². The molecule has 0 aromatic carbocycles. The fraction of sp³-hybridized carbons (Fsp3) is 0.800. The van der Waals surface area contributed by atoms with E-state index in [0.29, 0.717) is 31.0 Å². The number of thioether (sulfide) groups is 1. The summed E-state index contributed by atoms with van der Waals surface area (Å²) in [6.45, 7) is 10.7. The van der Waals surface area contributed by atoms with Gasteiger partial charge in [0.25, 0.3) is 0 Å². The van der Waals surface area contributed by atoms with Crippen LogP contribution < -0.4 is 10.6 Å². The van der Waals surface area contributed by atoms with Crippen molar-refractivity contribution in [1.29, 1.82) is 0 Å². The minimum atomic E-state index is -1.15. The molecule has 1 saturated heterocycles. The molecule has 0 saturated carbocycles. The van der Waals surface area contributed by atoms with Crippen molar-refractivity contribution in [2.45, 2.75) is 84.1 Å². The first-order chi connectivity index (χ1) is 14.2. The highest BCUT2D eigenvalue weighted by atomic mass is 32.2. The summed E-state index contributed by atoms with van der Waals surface area (Å²) in [6, 6.07) is -1.67. The largest absolute Gasteiger partial charge is 0.480 e. The van der Waals surface area contributed by atoms with Crippen LogP contribution in [0.5, 0.6) is 0 Å². The van der Waals surface area contributed by atoms with E-state index in [9.17, 15) is 24.3 Å². The van der Waals surface area contributed by atoms with Crippen LogP contribution in [0.15, 0.2) is 0 Å². The van der Waals surface area contributed by atoms with Crippen LogP contribution in [-0.2, 0) is 19.1 Å². The summed E-state index contributed by atoms with van der Waals surface area (Å²) < 4.78 is 10.4. The van der Waals surface area contributed by atoms with Crippen molar-refractivity contribution < 1.29 is 33.8 Å². The van der Waals surface area contributed by atoms with Crippen LogP contribution in [0.2, 0.25) is 0 Å². The van der Waals surface area contributed by atoms with Gasteiger partial charge in [-0.2, -0.15) is 0 Å². The minimum absolute atomic E-state index is 0.202. The summed E-state index contributed by atoms with van der Waals surface area (Å²) >= 11 is 1.48. The van der Waals surface area contributed by atoms with Gasteiger partial charge in [-0.05, 0) is 60.8 Å². The zero-order chi connectivity index (χ0) is 23.8. The highest BCUT2D eigenvalue weighted by Gasteiger charge is 2.37. The van der Waals surface area contributed by atoms with E-state index in [-0.39, 0.29) is 12.3 Å². The van der Waals surface area contributed by atoms with Crippen molar-refractivity contribution in [2.24, 2.45) is 0 Å². The summed E-state index contributed by atoms with van der Waals surface area (Å²) in [7, 11) is 0. The maximum Gasteiger partial charge on any atom is 0.411 e. The van der Waals surface area contributed by atoms with Crippen LogP contribution in [0, 0.1) is 0 Å². The molecule has 0 aromatic rings. The Morgan fingerprint density at radius 1 is 1.06 bits per heavy atom. The number of unbranched alkanes of at least 4 members (excludes halogenated alkanes) is 1. The summed E-state index contributed by atoms with van der Waals surface area (Å²) in [5, 5.41) is 14.4. The van der Waals surface area contributed by atoms with Gasteiger partial charge in [-0.25, -0.2) is 14.4 Å². The lowest BCUT2D eigenvalue weighted by Gasteiger charge is -2.27. The van der Waals surface area contributed by atoms with E-state index in [2.05, 4.69) is 10.6 Å². The second kappa shape index (κ2) is 11.4. The van der Waals surface area contributed by atoms with E-state index in [1.165, 1.54) is 16.7 Å². The summed E-state index contributed by atoms with van der Waals surface area (Å²) in [4.78, 5) is 49.3. The molecule has 2 atom stereocenters. The molecule has 1 aliphatic heterocycles. The maximum atomic E-state index is 12.5. The standard InChI is InChI=1S/C20H35N3O7S/c1-19(2,3)29-17(27)22-13(16(25)26)9-7-8-10-21-15(24)14-11-31-12-23(14)18(28)30-20(4,5)6/h13-14H,7-12H2,1-6H3,(H,21,24)(H,22,27)(H,25,26). The fourth-order valence-corrected chi connectivity index (χ4v) is 3.81. The third-order valence-electron chi connectivity index (χ3n) is 4.02. The highest BCUT2D eigenvalue weighted by molar-refractivity contribution is 7.99. The number of aliphatic carboxylic acids is 1. The van der Waals surface area contributed by atoms with E-state index in [0.717, 1.165) is 0 Å². The van der Waals surface area contributed by atoms with Crippen molar-refractivity contribution in [3.05, 3.63) is 0 Å². The van der Waals surface area contributed by atoms with Crippen LogP contribution >= 0.6 is 11.8 Å². The van der Waals surface area contributed by atoms with Crippen molar-refractivity contribution in [3.8, 4) is 0 Å².